The van der Waals surface area contributed by atoms with Crippen LogP contribution in [0.4, 0.5) is 5.69 Å². The third-order valence-corrected chi connectivity index (χ3v) is 3.42. The molecule has 2 rings (SSSR count). The van der Waals surface area contributed by atoms with Gasteiger partial charge < -0.3 is 10.6 Å². The Bertz CT molecular complexity index is 506. The normalized spacial score (nSPS) is 12.2. The molecule has 19 heavy (non-hydrogen) atoms. The van der Waals surface area contributed by atoms with Gasteiger partial charge in [-0.2, -0.15) is 0 Å². The van der Waals surface area contributed by atoms with Crippen LogP contribution in [-0.4, -0.2) is 13.6 Å². The van der Waals surface area contributed by atoms with Gasteiger partial charge in [0.25, 0.3) is 0 Å². The molecule has 100 valence electrons. The summed E-state index contributed by atoms with van der Waals surface area (Å²) >= 11 is 0. The highest BCUT2D eigenvalue weighted by atomic mass is 15.1. The number of benzene rings is 2. The zero-order valence-corrected chi connectivity index (χ0v) is 11.7. The van der Waals surface area contributed by atoms with Crippen molar-refractivity contribution in [3.05, 3.63) is 65.7 Å². The van der Waals surface area contributed by atoms with E-state index in [1.165, 1.54) is 16.8 Å². The Hall–Kier alpha value is -1.80. The second-order valence-electron chi connectivity index (χ2n) is 5.00. The summed E-state index contributed by atoms with van der Waals surface area (Å²) in [5, 5.41) is 0. The molecule has 2 aromatic rings. The van der Waals surface area contributed by atoms with Crippen molar-refractivity contribution in [3.8, 4) is 0 Å². The Morgan fingerprint density at radius 2 is 1.63 bits per heavy atom. The van der Waals surface area contributed by atoms with E-state index < -0.39 is 0 Å². The molecule has 0 saturated heterocycles. The monoisotopic (exact) mass is 254 g/mol. The fourth-order valence-electron chi connectivity index (χ4n) is 2.28. The Labute approximate surface area is 115 Å². The summed E-state index contributed by atoms with van der Waals surface area (Å²) < 4.78 is 0. The maximum Gasteiger partial charge on any atom is 0.0412 e. The van der Waals surface area contributed by atoms with Gasteiger partial charge in [0, 0.05) is 25.3 Å². The van der Waals surface area contributed by atoms with E-state index in [2.05, 4.69) is 60.5 Å². The number of nitrogens with two attached hydrogens (primary N) is 1. The molecule has 0 aliphatic heterocycles. The molecule has 1 unspecified atom stereocenters. The first-order valence-corrected chi connectivity index (χ1v) is 6.78. The molecular formula is C17H22N2. The fourth-order valence-corrected chi connectivity index (χ4v) is 2.28. The van der Waals surface area contributed by atoms with Crippen LogP contribution >= 0.6 is 0 Å². The van der Waals surface area contributed by atoms with Crippen LogP contribution < -0.4 is 10.6 Å². The van der Waals surface area contributed by atoms with Crippen molar-refractivity contribution < 1.29 is 0 Å². The zero-order chi connectivity index (χ0) is 13.7. The van der Waals surface area contributed by atoms with Crippen molar-refractivity contribution in [1.82, 2.24) is 0 Å². The van der Waals surface area contributed by atoms with Gasteiger partial charge in [-0.25, -0.2) is 0 Å². The molecule has 0 heterocycles. The molecule has 2 N–H and O–H groups in total. The lowest BCUT2D eigenvalue weighted by atomic mass is 10.1. The van der Waals surface area contributed by atoms with E-state index in [4.69, 9.17) is 5.73 Å². The minimum atomic E-state index is 0.0652. The summed E-state index contributed by atoms with van der Waals surface area (Å²) in [6.07, 6.45) is 1.05. The molecule has 0 spiro atoms. The van der Waals surface area contributed by atoms with Gasteiger partial charge in [0.1, 0.15) is 0 Å². The number of para-hydroxylation sites is 1. The van der Waals surface area contributed by atoms with Crippen molar-refractivity contribution in [2.24, 2.45) is 5.73 Å². The summed E-state index contributed by atoms with van der Waals surface area (Å²) in [5.41, 5.74) is 9.84. The standard InChI is InChI=1S/C17H22N2/c1-14(18)16-10-6-7-11-17(16)19(2)13-12-15-8-4-3-5-9-15/h3-11,14H,12-13,18H2,1-2H3. The molecular weight excluding hydrogens is 232 g/mol. The minimum Gasteiger partial charge on any atom is -0.374 e. The zero-order valence-electron chi connectivity index (χ0n) is 11.7. The van der Waals surface area contributed by atoms with Crippen LogP contribution in [-0.2, 0) is 6.42 Å². The summed E-state index contributed by atoms with van der Waals surface area (Å²) in [7, 11) is 2.13. The SMILES string of the molecule is CC(N)c1ccccc1N(C)CCc1ccccc1. The van der Waals surface area contributed by atoms with Crippen LogP contribution in [0.2, 0.25) is 0 Å². The molecule has 2 heteroatoms. The largest absolute Gasteiger partial charge is 0.374 e. The van der Waals surface area contributed by atoms with E-state index in [1.54, 1.807) is 0 Å². The second-order valence-corrected chi connectivity index (χ2v) is 5.00. The third-order valence-electron chi connectivity index (χ3n) is 3.42. The van der Waals surface area contributed by atoms with Crippen molar-refractivity contribution in [3.63, 3.8) is 0 Å². The number of rotatable bonds is 5. The molecule has 0 saturated carbocycles. The smallest absolute Gasteiger partial charge is 0.0412 e. The van der Waals surface area contributed by atoms with E-state index >= 15 is 0 Å². The summed E-state index contributed by atoms with van der Waals surface area (Å²) in [4.78, 5) is 2.28. The average Bonchev–Trinajstić information content (AvgIpc) is 2.46. The molecule has 0 fully saturated rings. The van der Waals surface area contributed by atoms with Crippen molar-refractivity contribution in [1.29, 1.82) is 0 Å². The van der Waals surface area contributed by atoms with E-state index in [-0.39, 0.29) is 6.04 Å². The molecule has 2 aromatic carbocycles. The highest BCUT2D eigenvalue weighted by Gasteiger charge is 2.09. The van der Waals surface area contributed by atoms with Gasteiger partial charge in [0.05, 0.1) is 0 Å². The highest BCUT2D eigenvalue weighted by Crippen LogP contribution is 2.24. The molecule has 1 atom stereocenters. The van der Waals surface area contributed by atoms with Gasteiger partial charge in [0.2, 0.25) is 0 Å². The van der Waals surface area contributed by atoms with Gasteiger partial charge in [-0.05, 0) is 30.5 Å². The minimum absolute atomic E-state index is 0.0652. The van der Waals surface area contributed by atoms with Gasteiger partial charge >= 0.3 is 0 Å². The predicted molar refractivity (Wildman–Crippen MR) is 82.5 cm³/mol. The molecule has 0 aliphatic carbocycles. The molecule has 2 nitrogen and oxygen atoms in total. The predicted octanol–water partition coefficient (Wildman–Crippen LogP) is 3.39. The van der Waals surface area contributed by atoms with E-state index in [9.17, 15) is 0 Å². The lowest BCUT2D eigenvalue weighted by Crippen LogP contribution is -2.23. The summed E-state index contributed by atoms with van der Waals surface area (Å²) in [5.74, 6) is 0. The maximum atomic E-state index is 6.03. The van der Waals surface area contributed by atoms with Gasteiger partial charge in [-0.15, -0.1) is 0 Å². The van der Waals surface area contributed by atoms with Crippen LogP contribution in [0.5, 0.6) is 0 Å². The third kappa shape index (κ3) is 3.58. The van der Waals surface area contributed by atoms with Crippen LogP contribution in [0.1, 0.15) is 24.1 Å². The van der Waals surface area contributed by atoms with Crippen LogP contribution in [0, 0.1) is 0 Å². The van der Waals surface area contributed by atoms with Crippen molar-refractivity contribution in [2.75, 3.05) is 18.5 Å². The highest BCUT2D eigenvalue weighted by molar-refractivity contribution is 5.54. The Kier molecular flexibility index (Phi) is 4.58. The number of nitrogens with zero attached hydrogens (tertiary/aromatic N) is 1. The average molecular weight is 254 g/mol. The Morgan fingerprint density at radius 1 is 1.00 bits per heavy atom. The molecule has 0 bridgehead atoms. The first kappa shape index (κ1) is 13.6. The van der Waals surface area contributed by atoms with Crippen molar-refractivity contribution >= 4 is 5.69 Å². The lowest BCUT2D eigenvalue weighted by Gasteiger charge is -2.24. The van der Waals surface area contributed by atoms with Gasteiger partial charge in [-0.3, -0.25) is 0 Å². The molecule has 0 radical (unpaired) electrons. The number of anilines is 1. The molecule has 0 aromatic heterocycles. The summed E-state index contributed by atoms with van der Waals surface area (Å²) in [6.45, 7) is 3.03. The van der Waals surface area contributed by atoms with E-state index in [0.717, 1.165) is 13.0 Å². The van der Waals surface area contributed by atoms with Crippen molar-refractivity contribution in [2.45, 2.75) is 19.4 Å². The lowest BCUT2D eigenvalue weighted by molar-refractivity contribution is 0.797. The van der Waals surface area contributed by atoms with Crippen LogP contribution in [0.3, 0.4) is 0 Å². The van der Waals surface area contributed by atoms with Crippen LogP contribution in [0.25, 0.3) is 0 Å². The molecule has 0 amide bonds. The van der Waals surface area contributed by atoms with Crippen LogP contribution in [0.15, 0.2) is 54.6 Å². The fraction of sp³-hybridized carbons (Fsp3) is 0.294. The van der Waals surface area contributed by atoms with Gasteiger partial charge in [0.15, 0.2) is 0 Å². The number of likely N-dealkylation sites (N-methyl/N-ethyl adjacent to an activating group) is 1. The first-order chi connectivity index (χ1) is 9.18. The topological polar surface area (TPSA) is 29.3 Å². The quantitative estimate of drug-likeness (QED) is 0.886. The number of hydrogen-bond donors (Lipinski definition) is 1. The Balaban J connectivity index is 2.06. The number of hydrogen-bond acceptors (Lipinski definition) is 2. The first-order valence-electron chi connectivity index (χ1n) is 6.78. The van der Waals surface area contributed by atoms with Gasteiger partial charge in [-0.1, -0.05) is 48.5 Å². The van der Waals surface area contributed by atoms with E-state index in [1.807, 2.05) is 13.0 Å². The van der Waals surface area contributed by atoms with E-state index in [0.29, 0.717) is 0 Å². The molecule has 0 aliphatic rings. The maximum absolute atomic E-state index is 6.03. The summed E-state index contributed by atoms with van der Waals surface area (Å²) in [6, 6.07) is 19.0. The Morgan fingerprint density at radius 3 is 2.32 bits per heavy atom. The second kappa shape index (κ2) is 6.39.